The van der Waals surface area contributed by atoms with E-state index in [1.54, 1.807) is 18.2 Å². The van der Waals surface area contributed by atoms with E-state index < -0.39 is 24.6 Å². The molecule has 2 aromatic carbocycles. The van der Waals surface area contributed by atoms with Gasteiger partial charge in [-0.1, -0.05) is 68.5 Å². The fourth-order valence-electron chi connectivity index (χ4n) is 3.66. The van der Waals surface area contributed by atoms with Gasteiger partial charge in [0.15, 0.2) is 0 Å². The Balaban J connectivity index is 2.08. The van der Waals surface area contributed by atoms with E-state index in [2.05, 4.69) is 0 Å². The highest BCUT2D eigenvalue weighted by Gasteiger charge is 2.17. The third-order valence-electron chi connectivity index (χ3n) is 5.26. The van der Waals surface area contributed by atoms with Crippen molar-refractivity contribution in [2.24, 2.45) is 0 Å². The number of rotatable bonds is 9. The number of aliphatic hydroxyl groups is 2. The maximum atomic E-state index is 13.6. The lowest BCUT2D eigenvalue weighted by Gasteiger charge is -2.18. The fraction of sp³-hybridized carbons (Fsp3) is 0.259. The predicted molar refractivity (Wildman–Crippen MR) is 124 cm³/mol. The Morgan fingerprint density at radius 3 is 2.33 bits per heavy atom. The van der Waals surface area contributed by atoms with Crippen LogP contribution in [0.1, 0.15) is 43.9 Å². The van der Waals surface area contributed by atoms with Gasteiger partial charge in [0.05, 0.1) is 23.6 Å². The Kier molecular flexibility index (Phi) is 8.09. The Bertz CT molecular complexity index is 1110. The third kappa shape index (κ3) is 6.57. The quantitative estimate of drug-likeness (QED) is 0.517. The molecular weight excluding hydrogens is 421 g/mol. The second-order valence-electron chi connectivity index (χ2n) is 8.27. The molecule has 33 heavy (non-hydrogen) atoms. The molecule has 0 amide bonds. The zero-order chi connectivity index (χ0) is 24.0. The molecule has 0 fully saturated rings. The monoisotopic (exact) mass is 448 g/mol. The summed E-state index contributed by atoms with van der Waals surface area (Å²) < 4.78 is 13.6. The molecule has 0 aliphatic carbocycles. The van der Waals surface area contributed by atoms with E-state index in [-0.39, 0.29) is 18.2 Å². The number of hydrogen-bond donors (Lipinski definition) is 2. The van der Waals surface area contributed by atoms with Gasteiger partial charge in [0.1, 0.15) is 5.82 Å². The lowest BCUT2D eigenvalue weighted by Crippen LogP contribution is -2.29. The summed E-state index contributed by atoms with van der Waals surface area (Å²) in [6, 6.07) is 17.9. The Labute approximate surface area is 192 Å². The molecule has 0 aliphatic heterocycles. The van der Waals surface area contributed by atoms with Gasteiger partial charge in [-0.25, -0.2) is 4.39 Å². The van der Waals surface area contributed by atoms with E-state index in [4.69, 9.17) is 4.98 Å². The van der Waals surface area contributed by atoms with Gasteiger partial charge in [0.25, 0.3) is 0 Å². The Morgan fingerprint density at radius 1 is 1.06 bits per heavy atom. The molecule has 3 rings (SSSR count). The molecule has 1 aromatic heterocycles. The van der Waals surface area contributed by atoms with Gasteiger partial charge in [-0.2, -0.15) is 0 Å². The molecule has 2 N–H and O–H groups in total. The summed E-state index contributed by atoms with van der Waals surface area (Å²) >= 11 is 0. The van der Waals surface area contributed by atoms with Gasteiger partial charge < -0.3 is 20.1 Å². The standard InChI is InChI=1S/C27H28FNO4/c1-17(2)27-23(13-12-21(30)14-22(31)15-26(32)33)24(18-8-10-20(28)11-9-18)16-25(29-27)19-6-4-3-5-7-19/h3-13,16-17,21-22,30-31H,14-15H2,1-2H3,(H,32,33)/p-1/b13-12+/t21-,22-/m1/s1. The summed E-state index contributed by atoms with van der Waals surface area (Å²) in [7, 11) is 0. The van der Waals surface area contributed by atoms with Gasteiger partial charge in [0, 0.05) is 29.9 Å². The van der Waals surface area contributed by atoms with Crippen molar-refractivity contribution in [3.05, 3.63) is 83.8 Å². The van der Waals surface area contributed by atoms with Crippen LogP contribution in [0.15, 0.2) is 66.7 Å². The van der Waals surface area contributed by atoms with E-state index in [1.165, 1.54) is 18.2 Å². The first-order chi connectivity index (χ1) is 15.7. The average molecular weight is 449 g/mol. The third-order valence-corrected chi connectivity index (χ3v) is 5.26. The number of carboxylic acid groups (broad SMARTS) is 1. The molecule has 0 radical (unpaired) electrons. The minimum atomic E-state index is -1.37. The van der Waals surface area contributed by atoms with E-state index in [0.717, 1.165) is 33.6 Å². The molecule has 172 valence electrons. The first kappa shape index (κ1) is 24.3. The van der Waals surface area contributed by atoms with Crippen molar-refractivity contribution in [1.82, 2.24) is 4.98 Å². The minimum Gasteiger partial charge on any atom is -0.550 e. The zero-order valence-electron chi connectivity index (χ0n) is 18.6. The summed E-state index contributed by atoms with van der Waals surface area (Å²) in [5, 5.41) is 30.8. The van der Waals surface area contributed by atoms with Gasteiger partial charge in [-0.15, -0.1) is 0 Å². The maximum Gasteiger partial charge on any atom is 0.123 e. The van der Waals surface area contributed by atoms with E-state index in [0.29, 0.717) is 0 Å². The highest BCUT2D eigenvalue weighted by atomic mass is 19.1. The number of carboxylic acids is 1. The number of nitrogens with zero attached hydrogens (tertiary/aromatic N) is 1. The SMILES string of the molecule is CC(C)c1nc(-c2ccccc2)cc(-c2ccc(F)cc2)c1/C=C/[C@@H](O)C[C@@H](O)CC(=O)[O-]. The number of aromatic nitrogens is 1. The van der Waals surface area contributed by atoms with Crippen molar-refractivity contribution in [2.45, 2.75) is 44.8 Å². The molecule has 0 unspecified atom stereocenters. The van der Waals surface area contributed by atoms with Crippen LogP contribution in [-0.4, -0.2) is 33.4 Å². The van der Waals surface area contributed by atoms with Crippen molar-refractivity contribution >= 4 is 12.0 Å². The van der Waals surface area contributed by atoms with Crippen molar-refractivity contribution in [3.63, 3.8) is 0 Å². The lowest BCUT2D eigenvalue weighted by molar-refractivity contribution is -0.307. The molecule has 0 spiro atoms. The van der Waals surface area contributed by atoms with Crippen LogP contribution in [-0.2, 0) is 4.79 Å². The highest BCUT2D eigenvalue weighted by molar-refractivity contribution is 5.80. The summed E-state index contributed by atoms with van der Waals surface area (Å²) in [5.74, 6) is -1.66. The van der Waals surface area contributed by atoms with Gasteiger partial charge in [0.2, 0.25) is 0 Å². The van der Waals surface area contributed by atoms with Crippen LogP contribution in [0.2, 0.25) is 0 Å². The first-order valence-electron chi connectivity index (χ1n) is 10.8. The van der Waals surface area contributed by atoms with Crippen molar-refractivity contribution in [1.29, 1.82) is 0 Å². The number of aliphatic hydroxyl groups excluding tert-OH is 2. The molecule has 5 nitrogen and oxygen atoms in total. The Morgan fingerprint density at radius 2 is 1.73 bits per heavy atom. The van der Waals surface area contributed by atoms with Gasteiger partial charge >= 0.3 is 0 Å². The van der Waals surface area contributed by atoms with Crippen molar-refractivity contribution in [2.75, 3.05) is 0 Å². The number of pyridine rings is 1. The van der Waals surface area contributed by atoms with Gasteiger partial charge in [-0.3, -0.25) is 4.98 Å². The van der Waals surface area contributed by atoms with Gasteiger partial charge in [-0.05, 0) is 35.2 Å². The number of carbonyl (C=O) groups is 1. The summed E-state index contributed by atoms with van der Waals surface area (Å²) in [6.07, 6.45) is 0.283. The molecule has 2 atom stereocenters. The molecule has 0 aliphatic rings. The van der Waals surface area contributed by atoms with E-state index in [1.807, 2.05) is 50.2 Å². The van der Waals surface area contributed by atoms with E-state index in [9.17, 15) is 24.5 Å². The van der Waals surface area contributed by atoms with Crippen LogP contribution in [0.5, 0.6) is 0 Å². The zero-order valence-corrected chi connectivity index (χ0v) is 18.6. The fourth-order valence-corrected chi connectivity index (χ4v) is 3.66. The van der Waals surface area contributed by atoms with Crippen molar-refractivity contribution in [3.8, 4) is 22.4 Å². The predicted octanol–water partition coefficient (Wildman–Crippen LogP) is 3.94. The number of halogens is 1. The molecule has 1 heterocycles. The summed E-state index contributed by atoms with van der Waals surface area (Å²) in [6.45, 7) is 4.03. The number of carbonyl (C=O) groups excluding carboxylic acids is 1. The second-order valence-corrected chi connectivity index (χ2v) is 8.27. The molecule has 0 bridgehead atoms. The average Bonchev–Trinajstić information content (AvgIpc) is 2.77. The molecule has 0 saturated carbocycles. The smallest absolute Gasteiger partial charge is 0.123 e. The first-order valence-corrected chi connectivity index (χ1v) is 10.8. The number of benzene rings is 2. The Hall–Kier alpha value is -3.35. The van der Waals surface area contributed by atoms with Crippen molar-refractivity contribution < 1.29 is 24.5 Å². The van der Waals surface area contributed by atoms with Crippen LogP contribution >= 0.6 is 0 Å². The number of aliphatic carboxylic acids is 1. The summed E-state index contributed by atoms with van der Waals surface area (Å²) in [4.78, 5) is 15.5. The summed E-state index contributed by atoms with van der Waals surface area (Å²) in [5.41, 5.74) is 4.92. The number of hydrogen-bond acceptors (Lipinski definition) is 5. The van der Waals surface area contributed by atoms with Crippen LogP contribution < -0.4 is 5.11 Å². The maximum absolute atomic E-state index is 13.6. The van der Waals surface area contributed by atoms with E-state index >= 15 is 0 Å². The minimum absolute atomic E-state index is 0.0494. The van der Waals surface area contributed by atoms with Crippen LogP contribution in [0, 0.1) is 5.82 Å². The highest BCUT2D eigenvalue weighted by Crippen LogP contribution is 2.34. The molecule has 6 heteroatoms. The van der Waals surface area contributed by atoms with Crippen LogP contribution in [0.3, 0.4) is 0 Å². The van der Waals surface area contributed by atoms with Crippen LogP contribution in [0.25, 0.3) is 28.5 Å². The van der Waals surface area contributed by atoms with Crippen LogP contribution in [0.4, 0.5) is 4.39 Å². The normalized spacial score (nSPS) is 13.4. The molecule has 0 saturated heterocycles. The molecular formula is C27H27FNO4-. The largest absolute Gasteiger partial charge is 0.550 e. The lowest BCUT2D eigenvalue weighted by atomic mass is 9.92. The molecule has 3 aromatic rings. The topological polar surface area (TPSA) is 93.5 Å². The second kappa shape index (κ2) is 11.0.